The lowest BCUT2D eigenvalue weighted by Gasteiger charge is -2.02. The topological polar surface area (TPSA) is 140 Å². The van der Waals surface area contributed by atoms with E-state index in [2.05, 4.69) is 10.3 Å². The Hall–Kier alpha value is -2.16. The highest BCUT2D eigenvalue weighted by Crippen LogP contribution is 2.22. The first kappa shape index (κ1) is 11.9. The monoisotopic (exact) mass is 229 g/mol. The Morgan fingerprint density at radius 3 is 2.81 bits per heavy atom. The van der Waals surface area contributed by atoms with Crippen LogP contribution in [-0.2, 0) is 6.54 Å². The average molecular weight is 229 g/mol. The molecule has 9 heteroatoms. The first-order valence-electron chi connectivity index (χ1n) is 4.33. The number of nitrogens with two attached hydrogens (primary N) is 1. The first-order chi connectivity index (χ1) is 7.52. The largest absolute Gasteiger partial charge is 0.409 e. The minimum absolute atomic E-state index is 0.0280. The summed E-state index contributed by atoms with van der Waals surface area (Å²) in [5, 5.41) is 34.6. The number of nitrogens with zero attached hydrogens (tertiary/aromatic N) is 4. The first-order valence-corrected chi connectivity index (χ1v) is 4.33. The number of rotatable bonds is 4. The predicted octanol–water partition coefficient (Wildman–Crippen LogP) is -0.813. The molecule has 0 unspecified atom stereocenters. The second-order valence-electron chi connectivity index (χ2n) is 2.97. The van der Waals surface area contributed by atoms with Crippen LogP contribution in [0.25, 0.3) is 0 Å². The summed E-state index contributed by atoms with van der Waals surface area (Å²) < 4.78 is 1.13. The third-order valence-electron chi connectivity index (χ3n) is 1.94. The van der Waals surface area contributed by atoms with Gasteiger partial charge in [0.15, 0.2) is 11.5 Å². The minimum atomic E-state index is -0.663. The molecule has 0 bridgehead atoms. The number of aliphatic hydroxyl groups is 1. The van der Waals surface area contributed by atoms with Crippen molar-refractivity contribution >= 4 is 11.5 Å². The maximum atomic E-state index is 10.8. The van der Waals surface area contributed by atoms with Crippen molar-refractivity contribution in [2.45, 2.75) is 13.5 Å². The molecule has 0 radical (unpaired) electrons. The molecule has 4 N–H and O–H groups in total. The summed E-state index contributed by atoms with van der Waals surface area (Å²) >= 11 is 0. The van der Waals surface area contributed by atoms with Crippen molar-refractivity contribution in [2.24, 2.45) is 10.9 Å². The smallest absolute Gasteiger partial charge is 0.321 e. The molecule has 0 saturated carbocycles. The second-order valence-corrected chi connectivity index (χ2v) is 2.97. The van der Waals surface area contributed by atoms with Crippen molar-refractivity contribution in [1.82, 2.24) is 9.78 Å². The molecular weight excluding hydrogens is 218 g/mol. The van der Waals surface area contributed by atoms with E-state index in [1.54, 1.807) is 0 Å². The molecule has 1 aromatic heterocycles. The van der Waals surface area contributed by atoms with Gasteiger partial charge in [-0.2, -0.15) is 5.10 Å². The van der Waals surface area contributed by atoms with Crippen LogP contribution in [0.5, 0.6) is 0 Å². The zero-order chi connectivity index (χ0) is 12.3. The average Bonchev–Trinajstić information content (AvgIpc) is 2.54. The summed E-state index contributed by atoms with van der Waals surface area (Å²) in [5.74, 6) is -0.416. The predicted molar refractivity (Wildman–Crippen MR) is 53.2 cm³/mol. The number of nitro groups is 1. The van der Waals surface area contributed by atoms with Crippen LogP contribution in [-0.4, -0.2) is 37.5 Å². The highest BCUT2D eigenvalue weighted by atomic mass is 16.6. The SMILES string of the molecule is Cc1nn(CCO)c(C(N)=NO)c1[N+](=O)[O-]. The number of aliphatic hydroxyl groups excluding tert-OH is 1. The molecule has 1 heterocycles. The zero-order valence-electron chi connectivity index (χ0n) is 8.49. The lowest BCUT2D eigenvalue weighted by Crippen LogP contribution is -2.21. The van der Waals surface area contributed by atoms with E-state index in [0.717, 1.165) is 4.68 Å². The number of amidine groups is 1. The molecule has 0 fully saturated rings. The minimum Gasteiger partial charge on any atom is -0.409 e. The van der Waals surface area contributed by atoms with Crippen molar-refractivity contribution in [1.29, 1.82) is 0 Å². The Bertz CT molecular complexity index is 438. The summed E-state index contributed by atoms with van der Waals surface area (Å²) in [6.45, 7) is 1.20. The highest BCUT2D eigenvalue weighted by molar-refractivity contribution is 5.99. The van der Waals surface area contributed by atoms with Gasteiger partial charge in [0.2, 0.25) is 0 Å². The van der Waals surface area contributed by atoms with E-state index >= 15 is 0 Å². The molecule has 0 atom stereocenters. The maximum absolute atomic E-state index is 10.8. The molecule has 0 aliphatic carbocycles. The Morgan fingerprint density at radius 1 is 1.75 bits per heavy atom. The second kappa shape index (κ2) is 4.57. The van der Waals surface area contributed by atoms with Crippen LogP contribution in [0, 0.1) is 17.0 Å². The summed E-state index contributed by atoms with van der Waals surface area (Å²) in [6.07, 6.45) is 0. The summed E-state index contributed by atoms with van der Waals surface area (Å²) in [4.78, 5) is 10.1. The van der Waals surface area contributed by atoms with E-state index in [0.29, 0.717) is 0 Å². The van der Waals surface area contributed by atoms with Crippen molar-refractivity contribution in [3.63, 3.8) is 0 Å². The zero-order valence-corrected chi connectivity index (χ0v) is 8.49. The van der Waals surface area contributed by atoms with Crippen molar-refractivity contribution in [3.05, 3.63) is 21.5 Å². The van der Waals surface area contributed by atoms with Crippen LogP contribution in [0.1, 0.15) is 11.4 Å². The molecular formula is C7H11N5O4. The molecule has 1 rings (SSSR count). The van der Waals surface area contributed by atoms with Gasteiger partial charge < -0.3 is 16.0 Å². The highest BCUT2D eigenvalue weighted by Gasteiger charge is 2.27. The summed E-state index contributed by atoms with van der Waals surface area (Å²) in [7, 11) is 0. The van der Waals surface area contributed by atoms with Gasteiger partial charge >= 0.3 is 5.69 Å². The third kappa shape index (κ3) is 1.93. The van der Waals surface area contributed by atoms with Gasteiger partial charge in [0.25, 0.3) is 0 Å². The van der Waals surface area contributed by atoms with Crippen LogP contribution in [0.3, 0.4) is 0 Å². The van der Waals surface area contributed by atoms with E-state index in [9.17, 15) is 10.1 Å². The Balaban J connectivity index is 3.42. The standard InChI is InChI=1S/C7H11N5O4/c1-4-5(12(15)16)6(7(8)10-14)11(9-4)2-3-13/h13-14H,2-3H2,1H3,(H2,8,10). The normalized spacial score (nSPS) is 11.8. The van der Waals surface area contributed by atoms with Gasteiger partial charge in [0, 0.05) is 0 Å². The van der Waals surface area contributed by atoms with E-state index < -0.39 is 10.8 Å². The van der Waals surface area contributed by atoms with Crippen molar-refractivity contribution in [2.75, 3.05) is 6.61 Å². The molecule has 0 saturated heterocycles. The molecule has 88 valence electrons. The molecule has 0 aliphatic rings. The quantitative estimate of drug-likeness (QED) is 0.203. The van der Waals surface area contributed by atoms with Crippen LogP contribution in [0.4, 0.5) is 5.69 Å². The van der Waals surface area contributed by atoms with Crippen LogP contribution >= 0.6 is 0 Å². The maximum Gasteiger partial charge on any atom is 0.321 e. The molecule has 16 heavy (non-hydrogen) atoms. The van der Waals surface area contributed by atoms with Gasteiger partial charge in [-0.25, -0.2) is 0 Å². The Morgan fingerprint density at radius 2 is 2.38 bits per heavy atom. The van der Waals surface area contributed by atoms with Gasteiger partial charge in [-0.15, -0.1) is 0 Å². The third-order valence-corrected chi connectivity index (χ3v) is 1.94. The fraction of sp³-hybridized carbons (Fsp3) is 0.429. The molecule has 0 amide bonds. The van der Waals surface area contributed by atoms with Crippen molar-refractivity contribution < 1.29 is 15.2 Å². The molecule has 0 spiro atoms. The summed E-state index contributed by atoms with van der Waals surface area (Å²) in [5.41, 5.74) is 5.03. The van der Waals surface area contributed by atoms with Gasteiger partial charge in [-0.1, -0.05) is 5.16 Å². The fourth-order valence-electron chi connectivity index (χ4n) is 1.35. The number of hydrogen-bond donors (Lipinski definition) is 3. The number of aromatic nitrogens is 2. The Labute approximate surface area is 89.9 Å². The number of oxime groups is 1. The van der Waals surface area contributed by atoms with Gasteiger partial charge in [-0.3, -0.25) is 14.8 Å². The van der Waals surface area contributed by atoms with Crippen LogP contribution < -0.4 is 5.73 Å². The number of hydrogen-bond acceptors (Lipinski definition) is 6. The van der Waals surface area contributed by atoms with E-state index in [-0.39, 0.29) is 30.2 Å². The van der Waals surface area contributed by atoms with Crippen molar-refractivity contribution in [3.8, 4) is 0 Å². The number of aryl methyl sites for hydroxylation is 1. The van der Waals surface area contributed by atoms with Gasteiger partial charge in [-0.05, 0) is 6.92 Å². The lowest BCUT2D eigenvalue weighted by atomic mass is 10.3. The van der Waals surface area contributed by atoms with Gasteiger partial charge in [0.1, 0.15) is 5.69 Å². The lowest BCUT2D eigenvalue weighted by molar-refractivity contribution is -0.385. The summed E-state index contributed by atoms with van der Waals surface area (Å²) in [6, 6.07) is 0. The fourth-order valence-corrected chi connectivity index (χ4v) is 1.35. The molecule has 1 aromatic rings. The van der Waals surface area contributed by atoms with Gasteiger partial charge in [0.05, 0.1) is 18.1 Å². The van der Waals surface area contributed by atoms with Crippen LogP contribution in [0.15, 0.2) is 5.16 Å². The molecule has 9 nitrogen and oxygen atoms in total. The van der Waals surface area contributed by atoms with E-state index in [4.69, 9.17) is 16.0 Å². The Kier molecular flexibility index (Phi) is 3.40. The van der Waals surface area contributed by atoms with Crippen LogP contribution in [0.2, 0.25) is 0 Å². The van der Waals surface area contributed by atoms with E-state index in [1.807, 2.05) is 0 Å². The molecule has 0 aromatic carbocycles. The van der Waals surface area contributed by atoms with E-state index in [1.165, 1.54) is 6.92 Å². The molecule has 0 aliphatic heterocycles.